The first-order valence-electron chi connectivity index (χ1n) is 46.2. The Morgan fingerprint density at radius 2 is 0.303 bits per heavy atom. The van der Waals surface area contributed by atoms with E-state index in [4.69, 9.17) is 114 Å². The van der Waals surface area contributed by atoms with Crippen molar-refractivity contribution in [2.75, 3.05) is 264 Å². The van der Waals surface area contributed by atoms with E-state index in [-0.39, 0.29) is 13.2 Å². The average molecular weight is 1960 g/mol. The molecule has 0 saturated heterocycles. The molecule has 0 aliphatic carbocycles. The highest BCUT2D eigenvalue weighted by molar-refractivity contribution is 14.1. The molecule has 4 aromatic carbocycles. The number of ether oxygens (including phenoxy) is 22. The Kier molecular flexibility index (Phi) is 105. The van der Waals surface area contributed by atoms with Crippen LogP contribution in [0.5, 0.6) is 34.5 Å². The van der Waals surface area contributed by atoms with Crippen LogP contribution >= 0.6 is 45.2 Å². The minimum atomic E-state index is 0.0922. The molecule has 0 fully saturated rings. The fourth-order valence-electron chi connectivity index (χ4n) is 9.98. The van der Waals surface area contributed by atoms with Gasteiger partial charge < -0.3 is 114 Å². The van der Waals surface area contributed by atoms with Gasteiger partial charge in [-0.2, -0.15) is 0 Å². The summed E-state index contributed by atoms with van der Waals surface area (Å²) in [6.45, 7) is 40.7. The summed E-state index contributed by atoms with van der Waals surface area (Å²) < 4.78 is 124. The highest BCUT2D eigenvalue weighted by Gasteiger charge is 2.09. The quantitative estimate of drug-likeness (QED) is 0.0308. The molecule has 0 aromatic heterocycles. The molecule has 24 nitrogen and oxygen atoms in total. The molecule has 4 rings (SSSR count). The first-order chi connectivity index (χ1) is 60.3. The highest BCUT2D eigenvalue weighted by Crippen LogP contribution is 2.29. The zero-order valence-corrected chi connectivity index (χ0v) is 81.4. The maximum Gasteiger partial charge on any atom is 0.161 e. The zero-order valence-electron chi connectivity index (χ0n) is 77.1. The first-order valence-corrected chi connectivity index (χ1v) is 48.3. The van der Waals surface area contributed by atoms with Crippen LogP contribution in [-0.4, -0.2) is 274 Å². The van der Waals surface area contributed by atoms with E-state index in [1.165, 1.54) is 84.2 Å². The number of benzene rings is 4. The third kappa shape index (κ3) is 91.2. The van der Waals surface area contributed by atoms with Crippen molar-refractivity contribution in [2.24, 2.45) is 0 Å². The van der Waals surface area contributed by atoms with Crippen LogP contribution in [0.4, 0.5) is 0 Å². The molecule has 26 heteroatoms. The van der Waals surface area contributed by atoms with Crippen molar-refractivity contribution in [1.82, 2.24) is 0 Å². The summed E-state index contributed by atoms with van der Waals surface area (Å²) in [6, 6.07) is 31.3. The van der Waals surface area contributed by atoms with E-state index in [0.29, 0.717) is 210 Å². The highest BCUT2D eigenvalue weighted by atomic mass is 127. The Bertz CT molecular complexity index is 2480. The number of unbranched alkanes of at least 4 members (excludes halogenated alkanes) is 16. The molecule has 0 amide bonds. The Labute approximate surface area is 767 Å². The average Bonchev–Trinajstić information content (AvgIpc) is 1.04. The molecule has 2 N–H and O–H groups in total. The molecular weight excluding hydrogens is 1790 g/mol. The van der Waals surface area contributed by atoms with E-state index in [9.17, 15) is 0 Å². The summed E-state index contributed by atoms with van der Waals surface area (Å²) >= 11 is 4.63. The largest absolute Gasteiger partial charge is 0.487 e. The Morgan fingerprint density at radius 3 is 0.459 bits per heavy atom. The molecule has 0 atom stereocenters. The molecule has 0 radical (unpaired) electrons. The maximum absolute atomic E-state index is 8.40. The van der Waals surface area contributed by atoms with Crippen LogP contribution in [0.25, 0.3) is 0 Å². The Morgan fingerprint density at radius 1 is 0.164 bits per heavy atom. The third-order valence-electron chi connectivity index (χ3n) is 16.9. The van der Waals surface area contributed by atoms with Crippen molar-refractivity contribution in [3.63, 3.8) is 0 Å². The molecule has 0 heterocycles. The lowest BCUT2D eigenvalue weighted by atomic mass is 10.2. The number of rotatable bonds is 84. The molecule has 712 valence electrons. The predicted molar refractivity (Wildman–Crippen MR) is 508 cm³/mol. The van der Waals surface area contributed by atoms with E-state index >= 15 is 0 Å². The van der Waals surface area contributed by atoms with Crippen molar-refractivity contribution >= 4 is 45.2 Å². The fraction of sp³-hybridized carbons (Fsp3) is 0.750. The number of aliphatic hydroxyl groups excluding tert-OH is 2. The summed E-state index contributed by atoms with van der Waals surface area (Å²) in [6.07, 6.45) is 28.7. The van der Waals surface area contributed by atoms with Crippen LogP contribution in [0.1, 0.15) is 209 Å². The van der Waals surface area contributed by atoms with Crippen LogP contribution in [0.3, 0.4) is 0 Å². The minimum absolute atomic E-state index is 0.0922. The summed E-state index contributed by atoms with van der Waals surface area (Å²) in [5.74, 6) is 4.31. The number of para-hydroxylation sites is 6. The van der Waals surface area contributed by atoms with Gasteiger partial charge >= 0.3 is 0 Å². The van der Waals surface area contributed by atoms with E-state index in [2.05, 4.69) is 113 Å². The monoisotopic (exact) mass is 1960 g/mol. The Balaban J connectivity index is 0. The van der Waals surface area contributed by atoms with Crippen molar-refractivity contribution < 1.29 is 114 Å². The van der Waals surface area contributed by atoms with Gasteiger partial charge in [-0.25, -0.2) is 0 Å². The van der Waals surface area contributed by atoms with Gasteiger partial charge in [-0.05, 0) is 145 Å². The second-order valence-corrected chi connectivity index (χ2v) is 30.1. The number of halogens is 2. The SMILES string of the molecule is CCCCCCOCCOCCO.CCCCCCOCCOCCOc1ccccc1OCCOCCOCCCC.CCCCCCOCCOCCOc1ccccc1OCCOCCOCCCCCC.CCCCOCCOCCO.CCCCOCCOCCOc1ccccc1OCCOCCOCCCC.Ic1ccccc1I. The van der Waals surface area contributed by atoms with Crippen LogP contribution in [0, 0.1) is 7.14 Å². The molecule has 0 bridgehead atoms. The predicted octanol–water partition coefficient (Wildman–Crippen LogP) is 20.0. The summed E-state index contributed by atoms with van der Waals surface area (Å²) in [5.41, 5.74) is 0. The lowest BCUT2D eigenvalue weighted by Gasteiger charge is -2.13. The summed E-state index contributed by atoms with van der Waals surface area (Å²) in [7, 11) is 0. The topological polar surface area (TPSA) is 244 Å². The number of aliphatic hydroxyl groups is 2. The van der Waals surface area contributed by atoms with Gasteiger partial charge in [0.25, 0.3) is 0 Å². The van der Waals surface area contributed by atoms with Gasteiger partial charge in [-0.3, -0.25) is 0 Å². The van der Waals surface area contributed by atoms with Crippen LogP contribution in [0.2, 0.25) is 0 Å². The van der Waals surface area contributed by atoms with Gasteiger partial charge in [-0.1, -0.05) is 207 Å². The lowest BCUT2D eigenvalue weighted by Crippen LogP contribution is -2.13. The zero-order chi connectivity index (χ0) is 88.7. The van der Waals surface area contributed by atoms with E-state index in [0.717, 1.165) is 153 Å². The van der Waals surface area contributed by atoms with Crippen LogP contribution in [-0.2, 0) is 75.8 Å². The molecule has 4 aromatic rings. The number of hydrogen-bond acceptors (Lipinski definition) is 24. The van der Waals surface area contributed by atoms with Crippen molar-refractivity contribution in [3.05, 3.63) is 104 Å². The van der Waals surface area contributed by atoms with E-state index in [1.54, 1.807) is 0 Å². The molecule has 0 aliphatic rings. The van der Waals surface area contributed by atoms with E-state index < -0.39 is 0 Å². The van der Waals surface area contributed by atoms with Gasteiger partial charge in [0.2, 0.25) is 0 Å². The smallest absolute Gasteiger partial charge is 0.161 e. The molecule has 0 unspecified atom stereocenters. The minimum Gasteiger partial charge on any atom is -0.487 e. The van der Waals surface area contributed by atoms with Crippen molar-refractivity contribution in [3.8, 4) is 34.5 Å². The molecule has 122 heavy (non-hydrogen) atoms. The van der Waals surface area contributed by atoms with Crippen molar-refractivity contribution in [2.45, 2.75) is 209 Å². The van der Waals surface area contributed by atoms with Crippen LogP contribution in [0.15, 0.2) is 97.1 Å². The van der Waals surface area contributed by atoms with Crippen molar-refractivity contribution in [1.29, 1.82) is 0 Å². The summed E-state index contributed by atoms with van der Waals surface area (Å²) in [4.78, 5) is 0. The molecule has 0 spiro atoms. The first kappa shape index (κ1) is 120. The second-order valence-electron chi connectivity index (χ2n) is 27.7. The lowest BCUT2D eigenvalue weighted by molar-refractivity contribution is 0.0321. The van der Waals surface area contributed by atoms with Gasteiger partial charge in [0.15, 0.2) is 34.5 Å². The second kappa shape index (κ2) is 106. The van der Waals surface area contributed by atoms with Crippen LogP contribution < -0.4 is 28.4 Å². The third-order valence-corrected chi connectivity index (χ3v) is 19.8. The maximum atomic E-state index is 8.40. The standard InChI is InChI=1S/C26H46O6.C24H42O6.C22H38O6.C10H22O3.C8H18O3.C6H4I2/c1-3-5-7-11-15-27-17-19-29-21-23-31-25-13-9-10-14-26(25)32-24-22-30-20-18-28-16-12-8-6-4-2;1-3-5-7-10-14-26-16-18-28-20-22-30-24-12-9-8-11-23(24)29-21-19-27-17-15-25-13-6-4-2;1-3-5-11-23-13-15-25-17-19-27-21-9-7-8-10-22(21)28-20-18-26-16-14-24-12-6-4-2;1-2-3-4-5-7-12-9-10-13-8-6-11;1-2-3-5-10-7-8-11-6-4-9;7-5-3-1-2-4-6(5)8/h9-10,13-14H,3-8,11-12,15-24H2,1-2H3;8-9,11-12H,3-7,10,13-22H2,1-2H3;7-10H,3-6,11-20H2,1-2H3;11H,2-10H2,1H3;9H,2-8H2,1H3;1-4H. The van der Waals surface area contributed by atoms with Gasteiger partial charge in [0.1, 0.15) is 39.6 Å². The molecular formula is C96H170I2O24. The van der Waals surface area contributed by atoms with Gasteiger partial charge in [0.05, 0.1) is 172 Å². The fourth-order valence-corrected chi connectivity index (χ4v) is 10.8. The summed E-state index contributed by atoms with van der Waals surface area (Å²) in [5, 5.41) is 16.7. The van der Waals surface area contributed by atoms with Gasteiger partial charge in [0, 0.05) is 60.0 Å². The van der Waals surface area contributed by atoms with E-state index in [1.807, 2.05) is 84.9 Å². The normalized spacial score (nSPS) is 10.8. The molecule has 0 aliphatic heterocycles. The Hall–Kier alpha value is -3.58. The van der Waals surface area contributed by atoms with Gasteiger partial charge in [-0.15, -0.1) is 0 Å². The molecule has 0 saturated carbocycles. The number of hydrogen-bond donors (Lipinski definition) is 2.